The van der Waals surface area contributed by atoms with Crippen molar-refractivity contribution < 1.29 is 4.39 Å². The molecule has 3 heteroatoms. The predicted molar refractivity (Wildman–Crippen MR) is 49.1 cm³/mol. The van der Waals surface area contributed by atoms with Gasteiger partial charge in [-0.15, -0.1) is 0 Å². The van der Waals surface area contributed by atoms with Crippen molar-refractivity contribution in [3.05, 3.63) is 0 Å². The van der Waals surface area contributed by atoms with Crippen LogP contribution in [0.1, 0.15) is 20.3 Å². The lowest BCUT2D eigenvalue weighted by Crippen LogP contribution is -2.42. The molecule has 1 heterocycles. The van der Waals surface area contributed by atoms with Crippen molar-refractivity contribution >= 4 is 0 Å². The van der Waals surface area contributed by atoms with Gasteiger partial charge in [-0.05, 0) is 33.9 Å². The number of hydrogen-bond acceptors (Lipinski definition) is 2. The van der Waals surface area contributed by atoms with E-state index in [-0.39, 0.29) is 6.04 Å². The van der Waals surface area contributed by atoms with Gasteiger partial charge in [0.2, 0.25) is 0 Å². The van der Waals surface area contributed by atoms with Crippen LogP contribution in [0.2, 0.25) is 0 Å². The first-order chi connectivity index (χ1) is 5.61. The van der Waals surface area contributed by atoms with E-state index < -0.39 is 6.17 Å². The van der Waals surface area contributed by atoms with Crippen LogP contribution < -0.4 is 5.32 Å². The lowest BCUT2D eigenvalue weighted by molar-refractivity contribution is 0.204. The van der Waals surface area contributed by atoms with Crippen LogP contribution in [0, 0.1) is 0 Å². The van der Waals surface area contributed by atoms with Crippen molar-refractivity contribution in [3.63, 3.8) is 0 Å². The van der Waals surface area contributed by atoms with Gasteiger partial charge in [-0.3, -0.25) is 0 Å². The molecule has 0 aromatic carbocycles. The molecule has 0 radical (unpaired) electrons. The fraction of sp³-hybridized carbons (Fsp3) is 1.00. The molecule has 2 unspecified atom stereocenters. The molecule has 72 valence electrons. The van der Waals surface area contributed by atoms with E-state index in [4.69, 9.17) is 0 Å². The number of halogens is 1. The third-order valence-electron chi connectivity index (χ3n) is 2.63. The molecule has 0 bridgehead atoms. The quantitative estimate of drug-likeness (QED) is 0.687. The minimum atomic E-state index is -0.647. The molecule has 2 nitrogen and oxygen atoms in total. The average molecular weight is 174 g/mol. The summed E-state index contributed by atoms with van der Waals surface area (Å²) in [5.74, 6) is 0. The van der Waals surface area contributed by atoms with Gasteiger partial charge < -0.3 is 10.2 Å². The Morgan fingerprint density at radius 2 is 2.25 bits per heavy atom. The summed E-state index contributed by atoms with van der Waals surface area (Å²) in [7, 11) is 2.04. The standard InChI is InChI=1S/C9H19FN2/c1-7(2)12(3)6-9-8(10)4-5-11-9/h7-9,11H,4-6H2,1-3H3. The molecule has 1 aliphatic rings. The number of hydrogen-bond donors (Lipinski definition) is 1. The Morgan fingerprint density at radius 3 is 2.67 bits per heavy atom. The predicted octanol–water partition coefficient (Wildman–Crippen LogP) is 1.03. The highest BCUT2D eigenvalue weighted by Gasteiger charge is 2.27. The van der Waals surface area contributed by atoms with Crippen LogP contribution >= 0.6 is 0 Å². The maximum absolute atomic E-state index is 13.1. The lowest BCUT2D eigenvalue weighted by atomic mass is 10.2. The minimum absolute atomic E-state index is 0.0531. The topological polar surface area (TPSA) is 15.3 Å². The molecule has 0 aromatic rings. The molecule has 1 N–H and O–H groups in total. The molecular formula is C9H19FN2. The summed E-state index contributed by atoms with van der Waals surface area (Å²) in [6, 6.07) is 0.553. The Hall–Kier alpha value is -0.150. The summed E-state index contributed by atoms with van der Waals surface area (Å²) in [6.45, 7) is 5.90. The van der Waals surface area contributed by atoms with Gasteiger partial charge in [0.1, 0.15) is 6.17 Å². The fourth-order valence-corrected chi connectivity index (χ4v) is 1.44. The van der Waals surface area contributed by atoms with Gasteiger partial charge in [-0.2, -0.15) is 0 Å². The molecule has 0 aromatic heterocycles. The van der Waals surface area contributed by atoms with E-state index >= 15 is 0 Å². The van der Waals surface area contributed by atoms with Gasteiger partial charge in [-0.25, -0.2) is 4.39 Å². The normalized spacial score (nSPS) is 30.5. The van der Waals surface area contributed by atoms with Crippen molar-refractivity contribution in [2.45, 2.75) is 38.5 Å². The van der Waals surface area contributed by atoms with Crippen molar-refractivity contribution in [3.8, 4) is 0 Å². The number of nitrogens with zero attached hydrogens (tertiary/aromatic N) is 1. The van der Waals surface area contributed by atoms with Gasteiger partial charge in [-0.1, -0.05) is 0 Å². The second-order valence-corrected chi connectivity index (χ2v) is 3.90. The largest absolute Gasteiger partial charge is 0.310 e. The molecule has 1 aliphatic heterocycles. The molecular weight excluding hydrogens is 155 g/mol. The van der Waals surface area contributed by atoms with Crippen LogP contribution in [0.3, 0.4) is 0 Å². The zero-order chi connectivity index (χ0) is 9.14. The second kappa shape index (κ2) is 4.19. The van der Waals surface area contributed by atoms with Crippen LogP contribution in [0.4, 0.5) is 4.39 Å². The monoisotopic (exact) mass is 174 g/mol. The first-order valence-electron chi connectivity index (χ1n) is 4.69. The van der Waals surface area contributed by atoms with E-state index in [0.29, 0.717) is 12.5 Å². The van der Waals surface area contributed by atoms with Gasteiger partial charge in [0.05, 0.1) is 6.04 Å². The van der Waals surface area contributed by atoms with E-state index in [1.807, 2.05) is 7.05 Å². The van der Waals surface area contributed by atoms with E-state index in [0.717, 1.165) is 13.1 Å². The van der Waals surface area contributed by atoms with E-state index in [2.05, 4.69) is 24.1 Å². The van der Waals surface area contributed by atoms with E-state index in [1.165, 1.54) is 0 Å². The van der Waals surface area contributed by atoms with Gasteiger partial charge in [0, 0.05) is 12.6 Å². The molecule has 12 heavy (non-hydrogen) atoms. The van der Waals surface area contributed by atoms with Crippen LogP contribution in [-0.2, 0) is 0 Å². The lowest BCUT2D eigenvalue weighted by Gasteiger charge is -2.25. The summed E-state index contributed by atoms with van der Waals surface area (Å²) in [6.07, 6.45) is 0.0301. The molecule has 0 amide bonds. The average Bonchev–Trinajstić information content (AvgIpc) is 2.36. The van der Waals surface area contributed by atoms with E-state index in [1.54, 1.807) is 0 Å². The zero-order valence-corrected chi connectivity index (χ0v) is 8.18. The Kier molecular flexibility index (Phi) is 3.47. The number of rotatable bonds is 3. The molecule has 0 saturated carbocycles. The molecule has 1 fully saturated rings. The molecule has 1 saturated heterocycles. The van der Waals surface area contributed by atoms with Gasteiger partial charge in [0.25, 0.3) is 0 Å². The maximum atomic E-state index is 13.1. The van der Waals surface area contributed by atoms with Gasteiger partial charge >= 0.3 is 0 Å². The van der Waals surface area contributed by atoms with Gasteiger partial charge in [0.15, 0.2) is 0 Å². The van der Waals surface area contributed by atoms with Crippen molar-refractivity contribution in [2.24, 2.45) is 0 Å². The highest BCUT2D eigenvalue weighted by Crippen LogP contribution is 2.12. The SMILES string of the molecule is CC(C)N(C)CC1NCCC1F. The Balaban J connectivity index is 2.30. The third-order valence-corrected chi connectivity index (χ3v) is 2.63. The summed E-state index contributed by atoms with van der Waals surface area (Å²) in [5.41, 5.74) is 0. The van der Waals surface area contributed by atoms with Crippen LogP contribution in [0.25, 0.3) is 0 Å². The minimum Gasteiger partial charge on any atom is -0.310 e. The van der Waals surface area contributed by atoms with Crippen LogP contribution in [0.5, 0.6) is 0 Å². The third kappa shape index (κ3) is 2.42. The smallest absolute Gasteiger partial charge is 0.118 e. The summed E-state index contributed by atoms with van der Waals surface area (Å²) in [4.78, 5) is 2.18. The Labute approximate surface area is 74.1 Å². The zero-order valence-electron chi connectivity index (χ0n) is 8.18. The summed E-state index contributed by atoms with van der Waals surface area (Å²) < 4.78 is 13.1. The number of nitrogens with one attached hydrogen (secondary N) is 1. The van der Waals surface area contributed by atoms with Crippen molar-refractivity contribution in [2.75, 3.05) is 20.1 Å². The second-order valence-electron chi connectivity index (χ2n) is 3.90. The summed E-state index contributed by atoms with van der Waals surface area (Å²) in [5, 5.41) is 3.18. The van der Waals surface area contributed by atoms with E-state index in [9.17, 15) is 4.39 Å². The first-order valence-corrected chi connectivity index (χ1v) is 4.69. The Morgan fingerprint density at radius 1 is 1.58 bits per heavy atom. The molecule has 0 spiro atoms. The maximum Gasteiger partial charge on any atom is 0.118 e. The van der Waals surface area contributed by atoms with Crippen LogP contribution in [0.15, 0.2) is 0 Å². The highest BCUT2D eigenvalue weighted by molar-refractivity contribution is 4.86. The molecule has 1 rings (SSSR count). The van der Waals surface area contributed by atoms with Crippen molar-refractivity contribution in [1.82, 2.24) is 10.2 Å². The summed E-state index contributed by atoms with van der Waals surface area (Å²) >= 11 is 0. The molecule has 0 aliphatic carbocycles. The fourth-order valence-electron chi connectivity index (χ4n) is 1.44. The first kappa shape index (κ1) is 9.93. The highest BCUT2D eigenvalue weighted by atomic mass is 19.1. The Bertz CT molecular complexity index is 138. The van der Waals surface area contributed by atoms with Crippen LogP contribution in [-0.4, -0.2) is 43.3 Å². The molecule has 2 atom stereocenters. The number of alkyl halides is 1. The van der Waals surface area contributed by atoms with Crippen molar-refractivity contribution in [1.29, 1.82) is 0 Å². The number of likely N-dealkylation sites (N-methyl/N-ethyl adjacent to an activating group) is 1.